The molecule has 3 heterocycles. The van der Waals surface area contributed by atoms with Crippen LogP contribution in [0.25, 0.3) is 5.82 Å². The number of anilines is 1. The fraction of sp³-hybridized carbons (Fsp3) is 0.429. The normalized spacial score (nSPS) is 18.8. The van der Waals surface area contributed by atoms with Gasteiger partial charge in [-0.3, -0.25) is 0 Å². The summed E-state index contributed by atoms with van der Waals surface area (Å²) in [6.07, 6.45) is 4.66. The van der Waals surface area contributed by atoms with Gasteiger partial charge in [-0.05, 0) is 23.8 Å². The van der Waals surface area contributed by atoms with E-state index in [9.17, 15) is 4.79 Å². The molecule has 1 fully saturated rings. The first-order chi connectivity index (χ1) is 10.7. The van der Waals surface area contributed by atoms with Crippen LogP contribution < -0.4 is 5.32 Å². The van der Waals surface area contributed by atoms with Crippen molar-refractivity contribution in [2.75, 3.05) is 29.9 Å². The first-order valence-corrected chi connectivity index (χ1v) is 8.33. The maximum absolute atomic E-state index is 12.5. The lowest BCUT2D eigenvalue weighted by molar-refractivity contribution is 0.210. The van der Waals surface area contributed by atoms with Gasteiger partial charge in [0.2, 0.25) is 0 Å². The largest absolute Gasteiger partial charge is 0.323 e. The molecule has 2 aromatic rings. The summed E-state index contributed by atoms with van der Waals surface area (Å²) in [5, 5.41) is 7.01. The Bertz CT molecular complexity index is 632. The van der Waals surface area contributed by atoms with Gasteiger partial charge < -0.3 is 10.2 Å². The fourth-order valence-corrected chi connectivity index (χ4v) is 3.38. The standard InChI is InChI=1S/C14H18N6OS/c1-11-7-19(5-6-22-8-11)14(21)18-12-3-2-4-16-13(12)20-10-15-9-17-20/h2-4,9-11H,5-8H2,1H3,(H,18,21)/t11-/m1/s1. The van der Waals surface area contributed by atoms with E-state index >= 15 is 0 Å². The van der Waals surface area contributed by atoms with Crippen LogP contribution in [0.1, 0.15) is 6.92 Å². The van der Waals surface area contributed by atoms with Crippen molar-refractivity contribution in [3.63, 3.8) is 0 Å². The van der Waals surface area contributed by atoms with Crippen molar-refractivity contribution in [2.24, 2.45) is 5.92 Å². The first-order valence-electron chi connectivity index (χ1n) is 7.17. The van der Waals surface area contributed by atoms with Gasteiger partial charge in [0.05, 0.1) is 5.69 Å². The molecule has 0 radical (unpaired) electrons. The molecule has 1 aliphatic heterocycles. The van der Waals surface area contributed by atoms with Crippen LogP contribution in [0, 0.1) is 5.92 Å². The molecule has 1 saturated heterocycles. The van der Waals surface area contributed by atoms with Crippen molar-refractivity contribution in [2.45, 2.75) is 6.92 Å². The Morgan fingerprint density at radius 1 is 1.50 bits per heavy atom. The molecule has 8 heteroatoms. The molecular weight excluding hydrogens is 300 g/mol. The van der Waals surface area contributed by atoms with Crippen LogP contribution in [-0.2, 0) is 0 Å². The lowest BCUT2D eigenvalue weighted by Gasteiger charge is -2.23. The molecule has 0 spiro atoms. The summed E-state index contributed by atoms with van der Waals surface area (Å²) >= 11 is 1.90. The van der Waals surface area contributed by atoms with E-state index in [4.69, 9.17) is 0 Å². The van der Waals surface area contributed by atoms with Gasteiger partial charge in [-0.15, -0.1) is 0 Å². The number of hydrogen-bond donors (Lipinski definition) is 1. The summed E-state index contributed by atoms with van der Waals surface area (Å²) in [6.45, 7) is 3.71. The van der Waals surface area contributed by atoms with E-state index in [1.165, 1.54) is 11.0 Å². The van der Waals surface area contributed by atoms with E-state index in [1.54, 1.807) is 18.6 Å². The maximum atomic E-state index is 12.5. The quantitative estimate of drug-likeness (QED) is 0.915. The zero-order valence-electron chi connectivity index (χ0n) is 12.3. The fourth-order valence-electron chi connectivity index (χ4n) is 2.35. The van der Waals surface area contributed by atoms with E-state index in [-0.39, 0.29) is 6.03 Å². The van der Waals surface area contributed by atoms with Gasteiger partial charge in [0.15, 0.2) is 5.82 Å². The minimum atomic E-state index is -0.0938. The smallest absolute Gasteiger partial charge is 0.321 e. The minimum Gasteiger partial charge on any atom is -0.323 e. The van der Waals surface area contributed by atoms with Gasteiger partial charge >= 0.3 is 6.03 Å². The number of nitrogens with zero attached hydrogens (tertiary/aromatic N) is 5. The molecule has 2 amide bonds. The third-order valence-corrected chi connectivity index (χ3v) is 4.67. The summed E-state index contributed by atoms with van der Waals surface area (Å²) in [6, 6.07) is 3.51. The monoisotopic (exact) mass is 318 g/mol. The van der Waals surface area contributed by atoms with Crippen molar-refractivity contribution in [1.29, 1.82) is 0 Å². The number of amides is 2. The lowest BCUT2D eigenvalue weighted by Crippen LogP contribution is -2.38. The van der Waals surface area contributed by atoms with Crippen molar-refractivity contribution >= 4 is 23.5 Å². The van der Waals surface area contributed by atoms with Crippen LogP contribution in [0.15, 0.2) is 31.0 Å². The number of nitrogens with one attached hydrogen (secondary N) is 1. The van der Waals surface area contributed by atoms with Gasteiger partial charge in [-0.25, -0.2) is 19.4 Å². The van der Waals surface area contributed by atoms with Crippen molar-refractivity contribution in [3.8, 4) is 5.82 Å². The number of pyridine rings is 1. The van der Waals surface area contributed by atoms with Gasteiger partial charge in [0, 0.05) is 25.0 Å². The molecule has 1 atom stereocenters. The summed E-state index contributed by atoms with van der Waals surface area (Å²) in [5.74, 6) is 3.13. The Balaban J connectivity index is 1.77. The molecule has 116 valence electrons. The van der Waals surface area contributed by atoms with E-state index in [2.05, 4.69) is 27.3 Å². The predicted molar refractivity (Wildman–Crippen MR) is 86.2 cm³/mol. The van der Waals surface area contributed by atoms with Gasteiger partial charge in [-0.2, -0.15) is 16.9 Å². The Labute approximate surface area is 133 Å². The zero-order chi connectivity index (χ0) is 15.4. The van der Waals surface area contributed by atoms with E-state index in [1.807, 2.05) is 22.7 Å². The second-order valence-electron chi connectivity index (χ2n) is 5.27. The molecule has 0 saturated carbocycles. The molecule has 1 aliphatic rings. The Morgan fingerprint density at radius 3 is 3.23 bits per heavy atom. The highest BCUT2D eigenvalue weighted by atomic mass is 32.2. The number of carbonyl (C=O) groups is 1. The third kappa shape index (κ3) is 3.38. The number of urea groups is 1. The highest BCUT2D eigenvalue weighted by molar-refractivity contribution is 7.99. The number of thioether (sulfide) groups is 1. The van der Waals surface area contributed by atoms with Crippen molar-refractivity contribution in [1.82, 2.24) is 24.6 Å². The first kappa shape index (κ1) is 14.8. The van der Waals surface area contributed by atoms with Crippen LogP contribution in [0.5, 0.6) is 0 Å². The molecular formula is C14H18N6OS. The van der Waals surface area contributed by atoms with Crippen LogP contribution >= 0.6 is 11.8 Å². The second-order valence-corrected chi connectivity index (χ2v) is 6.42. The second kappa shape index (κ2) is 6.78. The highest BCUT2D eigenvalue weighted by Gasteiger charge is 2.20. The molecule has 7 nitrogen and oxygen atoms in total. The Hall–Kier alpha value is -2.09. The van der Waals surface area contributed by atoms with E-state index < -0.39 is 0 Å². The molecule has 0 aliphatic carbocycles. The molecule has 1 N–H and O–H groups in total. The SMILES string of the molecule is C[C@H]1CSCCN(C(=O)Nc2cccnc2-n2cncn2)C1. The van der Waals surface area contributed by atoms with Gasteiger partial charge in [0.25, 0.3) is 0 Å². The maximum Gasteiger partial charge on any atom is 0.321 e. The van der Waals surface area contributed by atoms with Crippen LogP contribution in [0.2, 0.25) is 0 Å². The topological polar surface area (TPSA) is 75.9 Å². The molecule has 0 bridgehead atoms. The molecule has 22 heavy (non-hydrogen) atoms. The molecule has 3 rings (SSSR count). The van der Waals surface area contributed by atoms with Crippen LogP contribution in [-0.4, -0.2) is 55.3 Å². The number of hydrogen-bond acceptors (Lipinski definition) is 5. The van der Waals surface area contributed by atoms with Gasteiger partial charge in [0.1, 0.15) is 12.7 Å². The zero-order valence-corrected chi connectivity index (χ0v) is 13.2. The van der Waals surface area contributed by atoms with E-state index in [0.29, 0.717) is 17.4 Å². The summed E-state index contributed by atoms with van der Waals surface area (Å²) in [7, 11) is 0. The van der Waals surface area contributed by atoms with Crippen molar-refractivity contribution < 1.29 is 4.79 Å². The summed E-state index contributed by atoms with van der Waals surface area (Å²) in [5.41, 5.74) is 0.627. The summed E-state index contributed by atoms with van der Waals surface area (Å²) < 4.78 is 1.54. The number of rotatable bonds is 2. The van der Waals surface area contributed by atoms with E-state index in [0.717, 1.165) is 24.6 Å². The van der Waals surface area contributed by atoms with Gasteiger partial charge in [-0.1, -0.05) is 6.92 Å². The van der Waals surface area contributed by atoms with Crippen LogP contribution in [0.3, 0.4) is 0 Å². The lowest BCUT2D eigenvalue weighted by atomic mass is 10.2. The third-order valence-electron chi connectivity index (χ3n) is 3.39. The Kier molecular flexibility index (Phi) is 4.57. The number of carbonyl (C=O) groups excluding carboxylic acids is 1. The molecule has 0 aromatic carbocycles. The van der Waals surface area contributed by atoms with Crippen LogP contribution in [0.4, 0.5) is 10.5 Å². The average Bonchev–Trinajstić information content (AvgIpc) is 2.96. The minimum absolute atomic E-state index is 0.0938. The van der Waals surface area contributed by atoms with Crippen molar-refractivity contribution in [3.05, 3.63) is 31.0 Å². The predicted octanol–water partition coefficient (Wildman–Crippen LogP) is 1.88. The molecule has 0 unspecified atom stereocenters. The average molecular weight is 318 g/mol. The highest BCUT2D eigenvalue weighted by Crippen LogP contribution is 2.19. The molecule has 2 aromatic heterocycles. The summed E-state index contributed by atoms with van der Waals surface area (Å²) in [4.78, 5) is 22.6. The Morgan fingerprint density at radius 2 is 2.41 bits per heavy atom. The number of aromatic nitrogens is 4.